The number of aliphatic hydroxyl groups is 1. The molecule has 0 saturated carbocycles. The Bertz CT molecular complexity index is 714. The highest BCUT2D eigenvalue weighted by atomic mass is 19.1. The molecule has 0 aromatic heterocycles. The molecule has 0 unspecified atom stereocenters. The average molecular weight is 404 g/mol. The first-order valence-corrected chi connectivity index (χ1v) is 10.3. The number of carbonyl (C=O) groups is 1. The molecular weight excluding hydrogens is 375 g/mol. The van der Waals surface area contributed by atoms with Crippen molar-refractivity contribution in [3.8, 4) is 5.75 Å². The smallest absolute Gasteiger partial charge is 0.303 e. The minimum Gasteiger partial charge on any atom is -0.491 e. The summed E-state index contributed by atoms with van der Waals surface area (Å²) < 4.78 is 24.5. The molecule has 0 radical (unpaired) electrons. The van der Waals surface area contributed by atoms with Crippen LogP contribution in [0.15, 0.2) is 48.6 Å². The Morgan fingerprint density at radius 1 is 1.24 bits per heavy atom. The van der Waals surface area contributed by atoms with Crippen molar-refractivity contribution in [2.75, 3.05) is 6.61 Å². The molecule has 2 aliphatic heterocycles. The number of halogens is 1. The second kappa shape index (κ2) is 10.6. The number of rotatable bonds is 11. The maximum atomic E-state index is 12.9. The van der Waals surface area contributed by atoms with Gasteiger partial charge in [0.05, 0.1) is 12.2 Å². The van der Waals surface area contributed by atoms with Gasteiger partial charge in [-0.25, -0.2) is 4.39 Å². The van der Waals surface area contributed by atoms with Gasteiger partial charge in [-0.2, -0.15) is 0 Å². The van der Waals surface area contributed by atoms with Gasteiger partial charge >= 0.3 is 5.97 Å². The highest BCUT2D eigenvalue weighted by Crippen LogP contribution is 2.45. The third kappa shape index (κ3) is 6.41. The zero-order chi connectivity index (χ0) is 20.6. The Balaban J connectivity index is 1.46. The van der Waals surface area contributed by atoms with E-state index in [4.69, 9.17) is 14.6 Å². The zero-order valence-corrected chi connectivity index (χ0v) is 16.5. The van der Waals surface area contributed by atoms with Crippen LogP contribution in [0.1, 0.15) is 38.5 Å². The standard InChI is InChI=1S/C23H29FO5/c24-16-7-10-18(11-8-16)28-15-17(25)9-12-20-19(21-13-14-22(20)29-21)5-3-1-2-4-6-23(26)27/h1,3,7-12,17,19-22,25H,2,4-6,13-15H2,(H,26,27)/t17-,19-,20-,21+,22-/m1/s1. The van der Waals surface area contributed by atoms with Gasteiger partial charge in [0.15, 0.2) is 0 Å². The van der Waals surface area contributed by atoms with Crippen LogP contribution in [0, 0.1) is 17.7 Å². The molecule has 1 aromatic carbocycles. The number of hydrogen-bond acceptors (Lipinski definition) is 4. The molecule has 2 bridgehead atoms. The van der Waals surface area contributed by atoms with Gasteiger partial charge in [-0.15, -0.1) is 0 Å². The number of ether oxygens (including phenoxy) is 2. The first kappa shape index (κ1) is 21.5. The summed E-state index contributed by atoms with van der Waals surface area (Å²) in [6.07, 6.45) is 12.3. The fourth-order valence-electron chi connectivity index (χ4n) is 4.15. The van der Waals surface area contributed by atoms with Crippen LogP contribution in [-0.2, 0) is 9.53 Å². The fraction of sp³-hybridized carbons (Fsp3) is 0.522. The number of unbranched alkanes of at least 4 members (excludes halogenated alkanes) is 1. The lowest BCUT2D eigenvalue weighted by atomic mass is 9.77. The fourth-order valence-corrected chi connectivity index (χ4v) is 4.15. The van der Waals surface area contributed by atoms with Gasteiger partial charge < -0.3 is 19.7 Å². The van der Waals surface area contributed by atoms with Crippen LogP contribution in [0.25, 0.3) is 0 Å². The number of carboxylic acid groups (broad SMARTS) is 1. The Labute approximate surface area is 170 Å². The summed E-state index contributed by atoms with van der Waals surface area (Å²) in [5, 5.41) is 18.9. The van der Waals surface area contributed by atoms with E-state index in [1.165, 1.54) is 24.3 Å². The van der Waals surface area contributed by atoms with Gasteiger partial charge in [0.2, 0.25) is 0 Å². The van der Waals surface area contributed by atoms with E-state index in [0.29, 0.717) is 18.1 Å². The SMILES string of the molecule is O=C(O)CCCC=CC[C@@H]1[C@@H](C=C[C@@H](O)COc2ccc(F)cc2)[C@H]2CC[C@@H]1O2. The summed E-state index contributed by atoms with van der Waals surface area (Å²) in [7, 11) is 0. The molecule has 158 valence electrons. The van der Waals surface area contributed by atoms with Gasteiger partial charge in [-0.05, 0) is 62.3 Å². The van der Waals surface area contributed by atoms with E-state index < -0.39 is 12.1 Å². The third-order valence-electron chi connectivity index (χ3n) is 5.61. The van der Waals surface area contributed by atoms with E-state index >= 15 is 0 Å². The van der Waals surface area contributed by atoms with Crippen molar-refractivity contribution in [1.29, 1.82) is 0 Å². The number of allylic oxidation sites excluding steroid dienone is 2. The largest absolute Gasteiger partial charge is 0.491 e. The van der Waals surface area contributed by atoms with Gasteiger partial charge in [0.1, 0.15) is 24.3 Å². The summed E-state index contributed by atoms with van der Waals surface area (Å²) in [5.41, 5.74) is 0. The topological polar surface area (TPSA) is 76.0 Å². The lowest BCUT2D eigenvalue weighted by Gasteiger charge is -2.25. The molecule has 0 amide bonds. The van der Waals surface area contributed by atoms with Gasteiger partial charge in [-0.1, -0.05) is 24.3 Å². The van der Waals surface area contributed by atoms with E-state index in [1.54, 1.807) is 6.08 Å². The van der Waals surface area contributed by atoms with Gasteiger partial charge in [0, 0.05) is 12.3 Å². The van der Waals surface area contributed by atoms with E-state index in [0.717, 1.165) is 25.7 Å². The predicted octanol–water partition coefficient (Wildman–Crippen LogP) is 4.12. The first-order valence-electron chi connectivity index (χ1n) is 10.3. The first-order chi connectivity index (χ1) is 14.0. The minimum atomic E-state index is -0.757. The van der Waals surface area contributed by atoms with E-state index in [1.807, 2.05) is 6.08 Å². The third-order valence-corrected chi connectivity index (χ3v) is 5.61. The Hall–Kier alpha value is -2.18. The predicted molar refractivity (Wildman–Crippen MR) is 107 cm³/mol. The van der Waals surface area contributed by atoms with Crippen LogP contribution < -0.4 is 4.74 Å². The molecule has 5 atom stereocenters. The van der Waals surface area contributed by atoms with Crippen molar-refractivity contribution < 1.29 is 28.9 Å². The summed E-state index contributed by atoms with van der Waals surface area (Å²) in [4.78, 5) is 10.5. The minimum absolute atomic E-state index is 0.109. The van der Waals surface area contributed by atoms with Crippen LogP contribution in [0.3, 0.4) is 0 Å². The molecule has 2 fully saturated rings. The molecule has 6 heteroatoms. The number of fused-ring (bicyclic) bond motifs is 2. The highest BCUT2D eigenvalue weighted by Gasteiger charge is 2.46. The molecule has 3 rings (SSSR count). The number of aliphatic carboxylic acids is 1. The molecule has 2 heterocycles. The van der Waals surface area contributed by atoms with Crippen LogP contribution >= 0.6 is 0 Å². The number of hydrogen-bond donors (Lipinski definition) is 2. The van der Waals surface area contributed by atoms with Crippen molar-refractivity contribution in [1.82, 2.24) is 0 Å². The second-order valence-electron chi connectivity index (χ2n) is 7.74. The van der Waals surface area contributed by atoms with E-state index in [2.05, 4.69) is 12.2 Å². The summed E-state index contributed by atoms with van der Waals surface area (Å²) in [6, 6.07) is 5.72. The number of carboxylic acids is 1. The average Bonchev–Trinajstić information content (AvgIpc) is 3.30. The molecule has 0 spiro atoms. The van der Waals surface area contributed by atoms with Gasteiger partial charge in [-0.3, -0.25) is 4.79 Å². The lowest BCUT2D eigenvalue weighted by molar-refractivity contribution is -0.137. The quantitative estimate of drug-likeness (QED) is 0.429. The van der Waals surface area contributed by atoms with Crippen LogP contribution in [-0.4, -0.2) is 41.1 Å². The van der Waals surface area contributed by atoms with Crippen LogP contribution in [0.5, 0.6) is 5.75 Å². The number of benzene rings is 1. The normalized spacial score (nSPS) is 27.1. The molecule has 29 heavy (non-hydrogen) atoms. The Kier molecular flexibility index (Phi) is 7.83. The Morgan fingerprint density at radius 2 is 2.00 bits per heavy atom. The molecule has 2 saturated heterocycles. The molecule has 2 aliphatic rings. The maximum absolute atomic E-state index is 12.9. The Morgan fingerprint density at radius 3 is 2.76 bits per heavy atom. The molecule has 5 nitrogen and oxygen atoms in total. The summed E-state index contributed by atoms with van der Waals surface area (Å²) in [6.45, 7) is 0.109. The highest BCUT2D eigenvalue weighted by molar-refractivity contribution is 5.66. The maximum Gasteiger partial charge on any atom is 0.303 e. The van der Waals surface area contributed by atoms with Crippen molar-refractivity contribution >= 4 is 5.97 Å². The second-order valence-corrected chi connectivity index (χ2v) is 7.74. The van der Waals surface area contributed by atoms with Crippen molar-refractivity contribution in [2.24, 2.45) is 11.8 Å². The summed E-state index contributed by atoms with van der Waals surface area (Å²) in [5.74, 6) is 0.0833. The number of aliphatic hydroxyl groups excluding tert-OH is 1. The summed E-state index contributed by atoms with van der Waals surface area (Å²) >= 11 is 0. The molecule has 1 aromatic rings. The van der Waals surface area contributed by atoms with Crippen LogP contribution in [0.2, 0.25) is 0 Å². The van der Waals surface area contributed by atoms with Crippen LogP contribution in [0.4, 0.5) is 4.39 Å². The molecule has 2 N–H and O–H groups in total. The van der Waals surface area contributed by atoms with E-state index in [-0.39, 0.29) is 37.0 Å². The van der Waals surface area contributed by atoms with Crippen molar-refractivity contribution in [3.63, 3.8) is 0 Å². The molecule has 0 aliphatic carbocycles. The zero-order valence-electron chi connectivity index (χ0n) is 16.5. The monoisotopic (exact) mass is 404 g/mol. The molecular formula is C23H29FO5. The van der Waals surface area contributed by atoms with Crippen molar-refractivity contribution in [2.45, 2.75) is 56.8 Å². The van der Waals surface area contributed by atoms with Crippen molar-refractivity contribution in [3.05, 3.63) is 54.4 Å². The van der Waals surface area contributed by atoms with E-state index in [9.17, 15) is 14.3 Å². The lowest BCUT2D eigenvalue weighted by Crippen LogP contribution is -2.26. The van der Waals surface area contributed by atoms with Gasteiger partial charge in [0.25, 0.3) is 0 Å².